The van der Waals surface area contributed by atoms with E-state index in [0.29, 0.717) is 5.69 Å². The maximum Gasteiger partial charge on any atom is 0.312 e. The third-order valence-electron chi connectivity index (χ3n) is 2.81. The molecular formula is C13H12BrNO2. The van der Waals surface area contributed by atoms with Crippen molar-refractivity contribution >= 4 is 32.8 Å². The van der Waals surface area contributed by atoms with Gasteiger partial charge in [0, 0.05) is 9.86 Å². The minimum absolute atomic E-state index is 0.582. The Morgan fingerprint density at radius 1 is 1.41 bits per heavy atom. The monoisotopic (exact) mass is 293 g/mol. The van der Waals surface area contributed by atoms with Crippen molar-refractivity contribution in [1.82, 2.24) is 4.98 Å². The number of rotatable bonds is 2. The fraction of sp³-hybridized carbons (Fsp3) is 0.231. The van der Waals surface area contributed by atoms with Crippen LogP contribution in [-0.4, -0.2) is 16.1 Å². The number of nitrogens with zero attached hydrogens (tertiary/aromatic N) is 1. The molecular weight excluding hydrogens is 282 g/mol. The van der Waals surface area contributed by atoms with Crippen LogP contribution in [0, 0.1) is 6.92 Å². The van der Waals surface area contributed by atoms with Crippen molar-refractivity contribution in [1.29, 1.82) is 0 Å². The fourth-order valence-corrected chi connectivity index (χ4v) is 2.10. The molecule has 4 heteroatoms. The van der Waals surface area contributed by atoms with E-state index in [1.807, 2.05) is 31.2 Å². The molecule has 0 fully saturated rings. The number of aliphatic carboxylic acids is 1. The Morgan fingerprint density at radius 3 is 2.76 bits per heavy atom. The van der Waals surface area contributed by atoms with Crippen molar-refractivity contribution in [2.24, 2.45) is 0 Å². The topological polar surface area (TPSA) is 50.2 Å². The van der Waals surface area contributed by atoms with Gasteiger partial charge in [0.05, 0.1) is 17.1 Å². The molecule has 0 aliphatic rings. The predicted octanol–water partition coefficient (Wildman–Crippen LogP) is 3.49. The van der Waals surface area contributed by atoms with Crippen LogP contribution in [0.1, 0.15) is 24.1 Å². The van der Waals surface area contributed by atoms with Gasteiger partial charge >= 0.3 is 5.97 Å². The number of halogens is 1. The van der Waals surface area contributed by atoms with Crippen LogP contribution in [0.4, 0.5) is 0 Å². The minimum atomic E-state index is -0.853. The molecule has 0 spiro atoms. The van der Waals surface area contributed by atoms with E-state index in [0.717, 1.165) is 20.9 Å². The molecule has 2 rings (SSSR count). The van der Waals surface area contributed by atoms with E-state index in [4.69, 9.17) is 5.11 Å². The molecule has 1 aromatic heterocycles. The van der Waals surface area contributed by atoms with E-state index >= 15 is 0 Å². The van der Waals surface area contributed by atoms with E-state index in [9.17, 15) is 4.79 Å². The van der Waals surface area contributed by atoms with Gasteiger partial charge in [-0.1, -0.05) is 15.9 Å². The number of hydrogen-bond donors (Lipinski definition) is 1. The normalized spacial score (nSPS) is 12.6. The second kappa shape index (κ2) is 4.45. The standard InChI is InChI=1S/C13H12BrNO2/c1-7-5-12(8(2)13(16)17)15-11-4-3-9(14)6-10(7)11/h3-6,8H,1-2H3,(H,16,17). The van der Waals surface area contributed by atoms with Crippen LogP contribution in [0.5, 0.6) is 0 Å². The lowest BCUT2D eigenvalue weighted by molar-refractivity contribution is -0.138. The van der Waals surface area contributed by atoms with Crippen LogP contribution in [0.2, 0.25) is 0 Å². The Labute approximate surface area is 108 Å². The predicted molar refractivity (Wildman–Crippen MR) is 70.2 cm³/mol. The van der Waals surface area contributed by atoms with Crippen molar-refractivity contribution in [2.75, 3.05) is 0 Å². The highest BCUT2D eigenvalue weighted by Crippen LogP contribution is 2.24. The number of pyridine rings is 1. The molecule has 1 N–H and O–H groups in total. The lowest BCUT2D eigenvalue weighted by atomic mass is 10.0. The number of aromatic nitrogens is 1. The summed E-state index contributed by atoms with van der Waals surface area (Å²) in [5.74, 6) is -1.44. The number of benzene rings is 1. The molecule has 0 radical (unpaired) electrons. The Morgan fingerprint density at radius 2 is 2.12 bits per heavy atom. The summed E-state index contributed by atoms with van der Waals surface area (Å²) in [6, 6.07) is 7.63. The molecule has 88 valence electrons. The molecule has 0 aliphatic carbocycles. The highest BCUT2D eigenvalue weighted by Gasteiger charge is 2.16. The second-order valence-corrected chi connectivity index (χ2v) is 5.00. The molecule has 1 aromatic carbocycles. The molecule has 0 saturated carbocycles. The first-order valence-electron chi connectivity index (χ1n) is 5.28. The Hall–Kier alpha value is -1.42. The molecule has 3 nitrogen and oxygen atoms in total. The van der Waals surface area contributed by atoms with Crippen molar-refractivity contribution in [3.05, 3.63) is 40.0 Å². The lowest BCUT2D eigenvalue weighted by Gasteiger charge is -2.09. The number of aryl methyl sites for hydroxylation is 1. The van der Waals surface area contributed by atoms with E-state index in [-0.39, 0.29) is 0 Å². The van der Waals surface area contributed by atoms with Gasteiger partial charge < -0.3 is 5.11 Å². The zero-order chi connectivity index (χ0) is 12.6. The van der Waals surface area contributed by atoms with Crippen LogP contribution >= 0.6 is 15.9 Å². The van der Waals surface area contributed by atoms with E-state index in [1.165, 1.54) is 0 Å². The summed E-state index contributed by atoms with van der Waals surface area (Å²) in [7, 11) is 0. The van der Waals surface area contributed by atoms with E-state index < -0.39 is 11.9 Å². The van der Waals surface area contributed by atoms with Crippen molar-refractivity contribution in [3.8, 4) is 0 Å². The summed E-state index contributed by atoms with van der Waals surface area (Å²) >= 11 is 3.42. The third kappa shape index (κ3) is 2.31. The number of hydrogen-bond acceptors (Lipinski definition) is 2. The first-order valence-corrected chi connectivity index (χ1v) is 6.08. The van der Waals surface area contributed by atoms with E-state index in [1.54, 1.807) is 6.92 Å². The molecule has 17 heavy (non-hydrogen) atoms. The van der Waals surface area contributed by atoms with Crippen LogP contribution < -0.4 is 0 Å². The first kappa shape index (κ1) is 12.0. The summed E-state index contributed by atoms with van der Waals surface area (Å²) in [6.45, 7) is 3.61. The SMILES string of the molecule is Cc1cc(C(C)C(=O)O)nc2ccc(Br)cc12. The molecule has 1 unspecified atom stereocenters. The molecule has 2 aromatic rings. The van der Waals surface area contributed by atoms with Crippen LogP contribution in [0.15, 0.2) is 28.7 Å². The van der Waals surface area contributed by atoms with Gasteiger partial charge in [-0.05, 0) is 43.7 Å². The average Bonchev–Trinajstić information content (AvgIpc) is 2.28. The minimum Gasteiger partial charge on any atom is -0.481 e. The molecule has 1 atom stereocenters. The summed E-state index contributed by atoms with van der Waals surface area (Å²) in [5, 5.41) is 10.0. The van der Waals surface area contributed by atoms with Gasteiger partial charge in [-0.15, -0.1) is 0 Å². The quantitative estimate of drug-likeness (QED) is 0.922. The summed E-state index contributed by atoms with van der Waals surface area (Å²) < 4.78 is 0.994. The van der Waals surface area contributed by atoms with Crippen molar-refractivity contribution < 1.29 is 9.90 Å². The number of carbonyl (C=O) groups is 1. The Bertz CT molecular complexity index is 595. The average molecular weight is 294 g/mol. The zero-order valence-electron chi connectivity index (χ0n) is 9.57. The lowest BCUT2D eigenvalue weighted by Crippen LogP contribution is -2.09. The highest BCUT2D eigenvalue weighted by atomic mass is 79.9. The van der Waals surface area contributed by atoms with Gasteiger partial charge in [0.15, 0.2) is 0 Å². The van der Waals surface area contributed by atoms with Crippen LogP contribution in [0.3, 0.4) is 0 Å². The van der Waals surface area contributed by atoms with Crippen LogP contribution in [0.25, 0.3) is 10.9 Å². The van der Waals surface area contributed by atoms with Crippen molar-refractivity contribution in [2.45, 2.75) is 19.8 Å². The van der Waals surface area contributed by atoms with E-state index in [2.05, 4.69) is 20.9 Å². The number of carboxylic acid groups (broad SMARTS) is 1. The van der Waals surface area contributed by atoms with Gasteiger partial charge in [0.2, 0.25) is 0 Å². The Balaban J connectivity index is 2.63. The highest BCUT2D eigenvalue weighted by molar-refractivity contribution is 9.10. The van der Waals surface area contributed by atoms with Gasteiger partial charge in [-0.2, -0.15) is 0 Å². The largest absolute Gasteiger partial charge is 0.481 e. The summed E-state index contributed by atoms with van der Waals surface area (Å²) in [5.41, 5.74) is 2.47. The molecule has 0 bridgehead atoms. The number of fused-ring (bicyclic) bond motifs is 1. The first-order chi connectivity index (χ1) is 7.99. The second-order valence-electron chi connectivity index (χ2n) is 4.09. The third-order valence-corrected chi connectivity index (χ3v) is 3.30. The van der Waals surface area contributed by atoms with Gasteiger partial charge in [0.25, 0.3) is 0 Å². The van der Waals surface area contributed by atoms with Gasteiger partial charge in [0.1, 0.15) is 0 Å². The maximum absolute atomic E-state index is 11.0. The van der Waals surface area contributed by atoms with Gasteiger partial charge in [-0.25, -0.2) is 0 Å². The van der Waals surface area contributed by atoms with Crippen LogP contribution in [-0.2, 0) is 4.79 Å². The smallest absolute Gasteiger partial charge is 0.312 e. The summed E-state index contributed by atoms with van der Waals surface area (Å²) in [4.78, 5) is 15.4. The molecule has 0 amide bonds. The fourth-order valence-electron chi connectivity index (χ4n) is 1.74. The van der Waals surface area contributed by atoms with Gasteiger partial charge in [-0.3, -0.25) is 9.78 Å². The molecule has 1 heterocycles. The summed E-state index contributed by atoms with van der Waals surface area (Å²) in [6.07, 6.45) is 0. The Kier molecular flexibility index (Phi) is 3.15. The maximum atomic E-state index is 11.0. The zero-order valence-corrected chi connectivity index (χ0v) is 11.2. The van der Waals surface area contributed by atoms with Crippen molar-refractivity contribution in [3.63, 3.8) is 0 Å². The molecule has 0 saturated heterocycles. The molecule has 0 aliphatic heterocycles. The number of carboxylic acids is 1.